The first-order valence-electron chi connectivity index (χ1n) is 14.1. The molecule has 2 unspecified atom stereocenters. The van der Waals surface area contributed by atoms with E-state index in [-0.39, 0.29) is 30.9 Å². The second-order valence-corrected chi connectivity index (χ2v) is 10.8. The lowest BCUT2D eigenvalue weighted by molar-refractivity contribution is -0.146. The molecule has 4 aliphatic rings. The third-order valence-electron chi connectivity index (χ3n) is 8.82. The third-order valence-corrected chi connectivity index (χ3v) is 8.82. The molecule has 5 rings (SSSR count). The van der Waals surface area contributed by atoms with Gasteiger partial charge in [-0.3, -0.25) is 19.3 Å². The van der Waals surface area contributed by atoms with Crippen molar-refractivity contribution in [3.05, 3.63) is 24.3 Å². The third kappa shape index (κ3) is 4.90. The van der Waals surface area contributed by atoms with Crippen molar-refractivity contribution < 1.29 is 33.7 Å². The Balaban J connectivity index is 1.37. The van der Waals surface area contributed by atoms with Crippen LogP contribution in [0.25, 0.3) is 0 Å². The highest BCUT2D eigenvalue weighted by molar-refractivity contribution is 6.02. The average molecular weight is 545 g/mol. The van der Waals surface area contributed by atoms with Crippen LogP contribution in [0.3, 0.4) is 0 Å². The molecule has 4 saturated heterocycles. The van der Waals surface area contributed by atoms with Crippen molar-refractivity contribution in [3.63, 3.8) is 0 Å². The molecule has 4 fully saturated rings. The molecule has 11 nitrogen and oxygen atoms in total. The molecular weight excluding hydrogens is 504 g/mol. The van der Waals surface area contributed by atoms with Crippen LogP contribution in [0.2, 0.25) is 0 Å². The monoisotopic (exact) mass is 544 g/mol. The molecule has 0 aromatic heterocycles. The van der Waals surface area contributed by atoms with Gasteiger partial charge in [0.1, 0.15) is 17.4 Å². The lowest BCUT2D eigenvalue weighted by Gasteiger charge is -2.34. The zero-order valence-corrected chi connectivity index (χ0v) is 22.8. The standard InChI is InChI=1S/C28H40N4O7/c1-3-27-9-10-28(39-27)22(21(27)24(34)30-19-5-7-20(8-6-19)38-4-2)26(36)32(13-16-33)23(28)25(35)29-11-12-31-14-17-37-18-15-31/h5-8,21-23,33H,3-4,9-18H2,1-2H3,(H,29,35)(H,30,34)/t21-,22+,23?,27+,28?/m1/s1. The van der Waals surface area contributed by atoms with Crippen LogP contribution in [0.1, 0.15) is 33.1 Å². The summed E-state index contributed by atoms with van der Waals surface area (Å²) in [4.78, 5) is 45.0. The number of β-amino-alcohol motifs (C(OH)–C–C–N with tert-alkyl or cyclic N) is 1. The molecule has 1 aromatic rings. The molecule has 3 N–H and O–H groups in total. The van der Waals surface area contributed by atoms with Crippen molar-refractivity contribution in [2.24, 2.45) is 11.8 Å². The van der Waals surface area contributed by atoms with E-state index in [0.29, 0.717) is 63.6 Å². The largest absolute Gasteiger partial charge is 0.494 e. The summed E-state index contributed by atoms with van der Waals surface area (Å²) < 4.78 is 17.6. The highest BCUT2D eigenvalue weighted by Gasteiger charge is 2.78. The van der Waals surface area contributed by atoms with Crippen molar-refractivity contribution in [1.29, 1.82) is 0 Å². The fourth-order valence-corrected chi connectivity index (χ4v) is 7.04. The fourth-order valence-electron chi connectivity index (χ4n) is 7.04. The van der Waals surface area contributed by atoms with Gasteiger partial charge in [0.05, 0.1) is 43.9 Å². The Morgan fingerprint density at radius 3 is 2.51 bits per heavy atom. The van der Waals surface area contributed by atoms with E-state index in [2.05, 4.69) is 15.5 Å². The molecule has 11 heteroatoms. The minimum absolute atomic E-state index is 0.00828. The van der Waals surface area contributed by atoms with E-state index in [9.17, 15) is 19.5 Å². The van der Waals surface area contributed by atoms with Crippen LogP contribution in [0.5, 0.6) is 5.75 Å². The number of benzene rings is 1. The van der Waals surface area contributed by atoms with Crippen LogP contribution < -0.4 is 15.4 Å². The smallest absolute Gasteiger partial charge is 0.245 e. The molecule has 0 saturated carbocycles. The van der Waals surface area contributed by atoms with Crippen molar-refractivity contribution in [2.75, 3.05) is 64.5 Å². The molecular formula is C28H40N4O7. The number of morpholine rings is 1. The van der Waals surface area contributed by atoms with Crippen LogP contribution in [-0.4, -0.2) is 109 Å². The minimum Gasteiger partial charge on any atom is -0.494 e. The van der Waals surface area contributed by atoms with E-state index in [1.165, 1.54) is 4.90 Å². The van der Waals surface area contributed by atoms with Gasteiger partial charge >= 0.3 is 0 Å². The first kappa shape index (κ1) is 27.8. The minimum atomic E-state index is -1.11. The summed E-state index contributed by atoms with van der Waals surface area (Å²) in [5.41, 5.74) is -1.33. The predicted octanol–water partition coefficient (Wildman–Crippen LogP) is 0.619. The van der Waals surface area contributed by atoms with Gasteiger partial charge in [0.15, 0.2) is 0 Å². The quantitative estimate of drug-likeness (QED) is 0.370. The summed E-state index contributed by atoms with van der Waals surface area (Å²) in [6.07, 6.45) is 1.64. The van der Waals surface area contributed by atoms with Crippen LogP contribution in [0.15, 0.2) is 24.3 Å². The number of fused-ring (bicyclic) bond motifs is 1. The van der Waals surface area contributed by atoms with Gasteiger partial charge in [0, 0.05) is 38.4 Å². The Kier molecular flexibility index (Phi) is 8.14. The number of aliphatic hydroxyl groups is 1. The number of carbonyl (C=O) groups is 3. The molecule has 0 aliphatic carbocycles. The maximum atomic E-state index is 13.9. The van der Waals surface area contributed by atoms with Gasteiger partial charge < -0.3 is 34.9 Å². The normalized spacial score (nSPS) is 31.8. The number of hydrogen-bond acceptors (Lipinski definition) is 8. The van der Waals surface area contributed by atoms with Gasteiger partial charge in [-0.1, -0.05) is 6.92 Å². The number of likely N-dealkylation sites (tertiary alicyclic amines) is 1. The number of carbonyl (C=O) groups excluding carboxylic acids is 3. The molecule has 3 amide bonds. The SMILES string of the molecule is CCOc1ccc(NC(=O)[C@H]2[C@H]3C(=O)N(CCO)C(C(=O)NCCN4CCOCC4)C34CC[C@]2(CC)O4)cc1. The number of rotatable bonds is 11. The second-order valence-electron chi connectivity index (χ2n) is 10.8. The van der Waals surface area contributed by atoms with Crippen LogP contribution in [-0.2, 0) is 23.9 Å². The zero-order chi connectivity index (χ0) is 27.6. The van der Waals surface area contributed by atoms with E-state index in [0.717, 1.165) is 13.1 Å². The highest BCUT2D eigenvalue weighted by Crippen LogP contribution is 2.64. The van der Waals surface area contributed by atoms with Crippen molar-refractivity contribution >= 4 is 23.4 Å². The van der Waals surface area contributed by atoms with Gasteiger partial charge in [-0.25, -0.2) is 0 Å². The van der Waals surface area contributed by atoms with Crippen LogP contribution in [0.4, 0.5) is 5.69 Å². The number of nitrogens with zero attached hydrogens (tertiary/aromatic N) is 2. The van der Waals surface area contributed by atoms with Crippen molar-refractivity contribution in [2.45, 2.75) is 50.4 Å². The Morgan fingerprint density at radius 1 is 1.10 bits per heavy atom. The van der Waals surface area contributed by atoms with Gasteiger partial charge in [-0.15, -0.1) is 0 Å². The molecule has 2 bridgehead atoms. The first-order valence-corrected chi connectivity index (χ1v) is 14.1. The van der Waals surface area contributed by atoms with Crippen molar-refractivity contribution in [3.8, 4) is 5.75 Å². The van der Waals surface area contributed by atoms with E-state index in [4.69, 9.17) is 14.2 Å². The molecule has 4 heterocycles. The first-order chi connectivity index (χ1) is 18.9. The molecule has 39 heavy (non-hydrogen) atoms. The van der Waals surface area contributed by atoms with Crippen LogP contribution in [0, 0.1) is 11.8 Å². The van der Waals surface area contributed by atoms with E-state index in [1.54, 1.807) is 24.3 Å². The summed E-state index contributed by atoms with van der Waals surface area (Å²) in [6.45, 7) is 8.22. The maximum absolute atomic E-state index is 13.9. The summed E-state index contributed by atoms with van der Waals surface area (Å²) in [6, 6.07) is 6.21. The summed E-state index contributed by atoms with van der Waals surface area (Å²) in [5, 5.41) is 15.8. The lowest BCUT2D eigenvalue weighted by atomic mass is 9.65. The van der Waals surface area contributed by atoms with E-state index >= 15 is 0 Å². The van der Waals surface area contributed by atoms with Crippen LogP contribution >= 0.6 is 0 Å². The van der Waals surface area contributed by atoms with Gasteiger partial charge in [0.25, 0.3) is 0 Å². The number of hydrogen-bond donors (Lipinski definition) is 3. The Hall–Kier alpha value is -2.73. The van der Waals surface area contributed by atoms with Gasteiger partial charge in [0.2, 0.25) is 17.7 Å². The summed E-state index contributed by atoms with van der Waals surface area (Å²) >= 11 is 0. The molecule has 214 valence electrons. The van der Waals surface area contributed by atoms with E-state index in [1.807, 2.05) is 13.8 Å². The fraction of sp³-hybridized carbons (Fsp3) is 0.679. The number of ether oxygens (including phenoxy) is 3. The number of amides is 3. The number of anilines is 1. The molecule has 5 atom stereocenters. The van der Waals surface area contributed by atoms with Gasteiger partial charge in [-0.05, 0) is 50.5 Å². The molecule has 0 radical (unpaired) electrons. The zero-order valence-electron chi connectivity index (χ0n) is 22.8. The molecule has 1 spiro atoms. The topological polar surface area (TPSA) is 130 Å². The number of aliphatic hydroxyl groups excluding tert-OH is 1. The lowest BCUT2D eigenvalue weighted by Crippen LogP contribution is -2.56. The summed E-state index contributed by atoms with van der Waals surface area (Å²) in [7, 11) is 0. The number of nitrogens with one attached hydrogen (secondary N) is 2. The Morgan fingerprint density at radius 2 is 1.85 bits per heavy atom. The van der Waals surface area contributed by atoms with E-state index < -0.39 is 29.1 Å². The van der Waals surface area contributed by atoms with Crippen molar-refractivity contribution in [1.82, 2.24) is 15.1 Å². The average Bonchev–Trinajstić information content (AvgIpc) is 3.54. The molecule has 4 aliphatic heterocycles. The van der Waals surface area contributed by atoms with Gasteiger partial charge in [-0.2, -0.15) is 0 Å². The molecule has 1 aromatic carbocycles. The second kappa shape index (κ2) is 11.4. The maximum Gasteiger partial charge on any atom is 0.245 e. The summed E-state index contributed by atoms with van der Waals surface area (Å²) in [5.74, 6) is -1.74. The predicted molar refractivity (Wildman–Crippen MR) is 142 cm³/mol. The Labute approximate surface area is 229 Å². The highest BCUT2D eigenvalue weighted by atomic mass is 16.5. The Bertz CT molecular complexity index is 1060.